The standard InChI is InChI=1S/C14H26N4O2S/c1-11-13(12(2)18(16-11)10-9-15)21(19,20)17-14(3)7-5-4-6-8-14/h17H,4-10,15H2,1-3H3. The molecule has 0 radical (unpaired) electrons. The van der Waals surface area contributed by atoms with E-state index in [-0.39, 0.29) is 5.54 Å². The summed E-state index contributed by atoms with van der Waals surface area (Å²) in [6.07, 6.45) is 5.11. The van der Waals surface area contributed by atoms with Crippen molar-refractivity contribution in [2.45, 2.75) is 69.9 Å². The van der Waals surface area contributed by atoms with Crippen LogP contribution in [-0.2, 0) is 16.6 Å². The second kappa shape index (κ2) is 6.06. The number of nitrogens with two attached hydrogens (primary N) is 1. The predicted molar refractivity (Wildman–Crippen MR) is 82.6 cm³/mol. The van der Waals surface area contributed by atoms with Gasteiger partial charge in [0.25, 0.3) is 0 Å². The molecule has 0 aromatic carbocycles. The van der Waals surface area contributed by atoms with Crippen molar-refractivity contribution in [1.29, 1.82) is 0 Å². The van der Waals surface area contributed by atoms with Gasteiger partial charge in [0.05, 0.1) is 17.9 Å². The van der Waals surface area contributed by atoms with E-state index in [2.05, 4.69) is 9.82 Å². The third-order valence-electron chi connectivity index (χ3n) is 4.26. The number of aromatic nitrogens is 2. The molecule has 7 heteroatoms. The van der Waals surface area contributed by atoms with E-state index in [0.29, 0.717) is 29.4 Å². The normalized spacial score (nSPS) is 18.9. The monoisotopic (exact) mass is 314 g/mol. The van der Waals surface area contributed by atoms with Crippen LogP contribution in [-0.4, -0.2) is 30.3 Å². The van der Waals surface area contributed by atoms with Gasteiger partial charge in [-0.05, 0) is 33.6 Å². The predicted octanol–water partition coefficient (Wildman–Crippen LogP) is 1.46. The highest BCUT2D eigenvalue weighted by Gasteiger charge is 2.34. The first-order valence-electron chi connectivity index (χ1n) is 7.57. The smallest absolute Gasteiger partial charge is 0.244 e. The Morgan fingerprint density at radius 2 is 1.90 bits per heavy atom. The molecule has 1 saturated carbocycles. The maximum absolute atomic E-state index is 12.8. The molecule has 3 N–H and O–H groups in total. The molecular weight excluding hydrogens is 288 g/mol. The summed E-state index contributed by atoms with van der Waals surface area (Å²) in [5, 5.41) is 4.30. The molecule has 1 aromatic rings. The highest BCUT2D eigenvalue weighted by atomic mass is 32.2. The molecule has 0 unspecified atom stereocenters. The van der Waals surface area contributed by atoms with Crippen molar-refractivity contribution >= 4 is 10.0 Å². The molecule has 2 rings (SSSR count). The fourth-order valence-corrected chi connectivity index (χ4v) is 5.10. The fraction of sp³-hybridized carbons (Fsp3) is 0.786. The fourth-order valence-electron chi connectivity index (χ4n) is 3.22. The van der Waals surface area contributed by atoms with E-state index in [1.807, 2.05) is 6.92 Å². The molecule has 0 amide bonds. The maximum Gasteiger partial charge on any atom is 0.244 e. The highest BCUT2D eigenvalue weighted by molar-refractivity contribution is 7.89. The molecule has 0 atom stereocenters. The van der Waals surface area contributed by atoms with Crippen molar-refractivity contribution in [3.8, 4) is 0 Å². The molecule has 120 valence electrons. The van der Waals surface area contributed by atoms with Crippen LogP contribution in [0.1, 0.15) is 50.4 Å². The largest absolute Gasteiger partial charge is 0.329 e. The highest BCUT2D eigenvalue weighted by Crippen LogP contribution is 2.30. The first-order valence-corrected chi connectivity index (χ1v) is 9.05. The first-order chi connectivity index (χ1) is 9.79. The minimum Gasteiger partial charge on any atom is -0.329 e. The van der Waals surface area contributed by atoms with Gasteiger partial charge in [-0.25, -0.2) is 13.1 Å². The second-order valence-electron chi connectivity index (χ2n) is 6.24. The van der Waals surface area contributed by atoms with Gasteiger partial charge in [-0.1, -0.05) is 19.3 Å². The van der Waals surface area contributed by atoms with Crippen molar-refractivity contribution in [2.75, 3.05) is 6.54 Å². The van der Waals surface area contributed by atoms with Gasteiger partial charge in [0.15, 0.2) is 0 Å². The van der Waals surface area contributed by atoms with Crippen LogP contribution in [0.25, 0.3) is 0 Å². The van der Waals surface area contributed by atoms with Gasteiger partial charge in [-0.15, -0.1) is 0 Å². The molecule has 0 spiro atoms. The Morgan fingerprint density at radius 1 is 1.29 bits per heavy atom. The maximum atomic E-state index is 12.8. The van der Waals surface area contributed by atoms with E-state index in [9.17, 15) is 8.42 Å². The number of aryl methyl sites for hydroxylation is 1. The quantitative estimate of drug-likeness (QED) is 0.861. The van der Waals surface area contributed by atoms with E-state index in [4.69, 9.17) is 5.73 Å². The lowest BCUT2D eigenvalue weighted by Crippen LogP contribution is -2.47. The summed E-state index contributed by atoms with van der Waals surface area (Å²) in [7, 11) is -3.55. The van der Waals surface area contributed by atoms with Crippen LogP contribution in [0.5, 0.6) is 0 Å². The van der Waals surface area contributed by atoms with Gasteiger partial charge in [-0.3, -0.25) is 4.68 Å². The van der Waals surface area contributed by atoms with Crippen LogP contribution >= 0.6 is 0 Å². The van der Waals surface area contributed by atoms with Crippen molar-refractivity contribution in [2.24, 2.45) is 5.73 Å². The van der Waals surface area contributed by atoms with E-state index >= 15 is 0 Å². The van der Waals surface area contributed by atoms with Gasteiger partial charge < -0.3 is 5.73 Å². The molecule has 21 heavy (non-hydrogen) atoms. The summed E-state index contributed by atoms with van der Waals surface area (Å²) in [5.74, 6) is 0. The SMILES string of the molecule is Cc1nn(CCN)c(C)c1S(=O)(=O)NC1(C)CCCCC1. The number of nitrogens with one attached hydrogen (secondary N) is 1. The van der Waals surface area contributed by atoms with Gasteiger partial charge in [0, 0.05) is 12.1 Å². The van der Waals surface area contributed by atoms with E-state index in [1.54, 1.807) is 18.5 Å². The van der Waals surface area contributed by atoms with E-state index in [1.165, 1.54) is 6.42 Å². The van der Waals surface area contributed by atoms with Crippen LogP contribution in [0.3, 0.4) is 0 Å². The third kappa shape index (κ3) is 3.46. The summed E-state index contributed by atoms with van der Waals surface area (Å²) in [4.78, 5) is 0.308. The molecular formula is C14H26N4O2S. The average molecular weight is 314 g/mol. The Morgan fingerprint density at radius 3 is 2.48 bits per heavy atom. The average Bonchev–Trinajstić information content (AvgIpc) is 2.65. The lowest BCUT2D eigenvalue weighted by molar-refractivity contribution is 0.294. The van der Waals surface area contributed by atoms with Crippen molar-refractivity contribution in [3.63, 3.8) is 0 Å². The zero-order valence-corrected chi connectivity index (χ0v) is 14.0. The van der Waals surface area contributed by atoms with E-state index in [0.717, 1.165) is 25.7 Å². The van der Waals surface area contributed by atoms with Crippen molar-refractivity contribution in [3.05, 3.63) is 11.4 Å². The second-order valence-corrected chi connectivity index (χ2v) is 7.86. The Labute approximate surface area is 127 Å². The Kier molecular flexibility index (Phi) is 4.75. The lowest BCUT2D eigenvalue weighted by atomic mass is 9.84. The number of nitrogens with zero attached hydrogens (tertiary/aromatic N) is 2. The first kappa shape index (κ1) is 16.5. The summed E-state index contributed by atoms with van der Waals surface area (Å²) in [6, 6.07) is 0. The summed E-state index contributed by atoms with van der Waals surface area (Å²) < 4.78 is 30.1. The zero-order valence-electron chi connectivity index (χ0n) is 13.1. The number of hydrogen-bond acceptors (Lipinski definition) is 4. The van der Waals surface area contributed by atoms with Gasteiger partial charge in [-0.2, -0.15) is 5.10 Å². The summed E-state index contributed by atoms with van der Waals surface area (Å²) in [6.45, 7) is 6.48. The zero-order chi connectivity index (χ0) is 15.7. The molecule has 6 nitrogen and oxygen atoms in total. The van der Waals surface area contributed by atoms with Crippen LogP contribution in [0.4, 0.5) is 0 Å². The summed E-state index contributed by atoms with van der Waals surface area (Å²) in [5.41, 5.74) is 6.39. The lowest BCUT2D eigenvalue weighted by Gasteiger charge is -2.34. The Hall–Kier alpha value is -0.920. The molecule has 1 aromatic heterocycles. The minimum atomic E-state index is -3.55. The molecule has 0 saturated heterocycles. The number of sulfonamides is 1. The van der Waals surface area contributed by atoms with E-state index < -0.39 is 10.0 Å². The topological polar surface area (TPSA) is 90.0 Å². The van der Waals surface area contributed by atoms with Crippen molar-refractivity contribution < 1.29 is 8.42 Å². The molecule has 1 fully saturated rings. The third-order valence-corrected chi connectivity index (χ3v) is 6.15. The summed E-state index contributed by atoms with van der Waals surface area (Å²) >= 11 is 0. The number of hydrogen-bond donors (Lipinski definition) is 2. The Bertz CT molecular complexity index is 601. The van der Waals surface area contributed by atoms with Crippen LogP contribution in [0.2, 0.25) is 0 Å². The molecule has 0 aliphatic heterocycles. The molecule has 0 bridgehead atoms. The van der Waals surface area contributed by atoms with Gasteiger partial charge in [0.2, 0.25) is 10.0 Å². The molecule has 1 aliphatic carbocycles. The minimum absolute atomic E-state index is 0.308. The Balaban J connectivity index is 2.31. The van der Waals surface area contributed by atoms with Crippen LogP contribution in [0, 0.1) is 13.8 Å². The molecule has 1 heterocycles. The van der Waals surface area contributed by atoms with Crippen molar-refractivity contribution in [1.82, 2.24) is 14.5 Å². The van der Waals surface area contributed by atoms with Gasteiger partial charge in [0.1, 0.15) is 4.90 Å². The van der Waals surface area contributed by atoms with Gasteiger partial charge >= 0.3 is 0 Å². The molecule has 1 aliphatic rings. The van der Waals surface area contributed by atoms with Crippen LogP contribution in [0.15, 0.2) is 4.90 Å². The number of rotatable bonds is 5. The van der Waals surface area contributed by atoms with Crippen LogP contribution < -0.4 is 10.5 Å².